The van der Waals surface area contributed by atoms with E-state index >= 15 is 0 Å². The van der Waals surface area contributed by atoms with E-state index < -0.39 is 0 Å². The van der Waals surface area contributed by atoms with Crippen molar-refractivity contribution in [1.29, 1.82) is 0 Å². The highest BCUT2D eigenvalue weighted by Crippen LogP contribution is 2.54. The van der Waals surface area contributed by atoms with Crippen molar-refractivity contribution >= 4 is 11.9 Å². The summed E-state index contributed by atoms with van der Waals surface area (Å²) < 4.78 is 5.43. The van der Waals surface area contributed by atoms with Gasteiger partial charge in [0.1, 0.15) is 0 Å². The Morgan fingerprint density at radius 1 is 1.11 bits per heavy atom. The van der Waals surface area contributed by atoms with Crippen molar-refractivity contribution in [1.82, 2.24) is 19.9 Å². The molecule has 1 aromatic rings. The molecule has 4 fully saturated rings. The van der Waals surface area contributed by atoms with Gasteiger partial charge in [-0.1, -0.05) is 5.16 Å². The molecule has 1 amide bonds. The molecule has 2 saturated carbocycles. The highest BCUT2D eigenvalue weighted by Gasteiger charge is 2.61. The second-order valence-corrected chi connectivity index (χ2v) is 8.98. The summed E-state index contributed by atoms with van der Waals surface area (Å²) in [4.78, 5) is 24.1. The number of rotatable bonds is 5. The smallest absolute Gasteiger partial charge is 0.324 e. The molecule has 2 aliphatic carbocycles. The van der Waals surface area contributed by atoms with E-state index in [1.54, 1.807) is 0 Å². The number of piperidine rings is 1. The van der Waals surface area contributed by atoms with E-state index in [2.05, 4.69) is 33.8 Å². The van der Waals surface area contributed by atoms with Gasteiger partial charge in [0.05, 0.1) is 0 Å². The predicted molar refractivity (Wildman–Crippen MR) is 101 cm³/mol. The number of carbonyl (C=O) groups is 1. The van der Waals surface area contributed by atoms with Gasteiger partial charge in [0.25, 0.3) is 0 Å². The maximum atomic E-state index is 12.7. The van der Waals surface area contributed by atoms with Gasteiger partial charge in [-0.25, -0.2) is 0 Å². The molecule has 0 aromatic carbocycles. The monoisotopic (exact) mass is 373 g/mol. The average molecular weight is 374 g/mol. The van der Waals surface area contributed by atoms with Gasteiger partial charge in [-0.05, 0) is 57.8 Å². The third-order valence-corrected chi connectivity index (χ3v) is 7.51. The third-order valence-electron chi connectivity index (χ3n) is 7.51. The number of hydrogen-bond acceptors (Lipinski definition) is 6. The molecule has 7 heteroatoms. The van der Waals surface area contributed by atoms with Crippen LogP contribution in [0.5, 0.6) is 0 Å². The van der Waals surface area contributed by atoms with Crippen LogP contribution in [-0.2, 0) is 4.79 Å². The topological polar surface area (TPSA) is 65.7 Å². The van der Waals surface area contributed by atoms with Crippen LogP contribution in [0.3, 0.4) is 0 Å². The average Bonchev–Trinajstić information content (AvgIpc) is 3.01. The Balaban J connectivity index is 1.19. The van der Waals surface area contributed by atoms with Crippen LogP contribution in [0.15, 0.2) is 4.52 Å². The third kappa shape index (κ3) is 2.85. The van der Waals surface area contributed by atoms with Crippen molar-refractivity contribution in [2.75, 3.05) is 37.6 Å². The molecule has 5 rings (SSSR count). The highest BCUT2D eigenvalue weighted by atomic mass is 16.5. The fraction of sp³-hybridized carbons (Fsp3) is 0.850. The van der Waals surface area contributed by atoms with Gasteiger partial charge in [-0.15, -0.1) is 0 Å². The second kappa shape index (κ2) is 6.47. The number of aromatic nitrogens is 2. The van der Waals surface area contributed by atoms with Gasteiger partial charge >= 0.3 is 6.01 Å². The summed E-state index contributed by atoms with van der Waals surface area (Å²) in [6, 6.07) is 1.88. The van der Waals surface area contributed by atoms with Crippen molar-refractivity contribution in [3.05, 3.63) is 5.82 Å². The standard InChI is InChI=1S/C20H31N5O2/c1-4-23(5-2)19(26)18-16-10-24(11-17(16)18)14-6-13-7-15(8-14)25(9-13)20-21-12(3)22-27-20/h13-18H,4-11H2,1-3H3/t13?,14?,15?,16-,17+,18+. The van der Waals surface area contributed by atoms with Crippen molar-refractivity contribution in [2.24, 2.45) is 23.7 Å². The first kappa shape index (κ1) is 17.5. The molecule has 2 bridgehead atoms. The zero-order valence-electron chi connectivity index (χ0n) is 16.7. The van der Waals surface area contributed by atoms with Crippen LogP contribution in [0, 0.1) is 30.6 Å². The first-order valence-electron chi connectivity index (χ1n) is 10.7. The number of aryl methyl sites for hydroxylation is 1. The minimum Gasteiger partial charge on any atom is -0.343 e. The molecular formula is C20H31N5O2. The van der Waals surface area contributed by atoms with Crippen LogP contribution in [0.25, 0.3) is 0 Å². The Morgan fingerprint density at radius 2 is 1.81 bits per heavy atom. The predicted octanol–water partition coefficient (Wildman–Crippen LogP) is 1.78. The molecule has 2 saturated heterocycles. The summed E-state index contributed by atoms with van der Waals surface area (Å²) in [5.74, 6) is 3.35. The summed E-state index contributed by atoms with van der Waals surface area (Å²) in [6.07, 6.45) is 3.71. The van der Waals surface area contributed by atoms with Crippen molar-refractivity contribution in [2.45, 2.75) is 52.1 Å². The lowest BCUT2D eigenvalue weighted by Gasteiger charge is -2.36. The van der Waals surface area contributed by atoms with Crippen LogP contribution in [0.4, 0.5) is 6.01 Å². The molecule has 3 heterocycles. The van der Waals surface area contributed by atoms with Crippen LogP contribution < -0.4 is 4.90 Å². The number of anilines is 1. The van der Waals surface area contributed by atoms with E-state index in [1.807, 2.05) is 11.8 Å². The Labute approximate surface area is 161 Å². The lowest BCUT2D eigenvalue weighted by molar-refractivity contribution is -0.133. The number of fused-ring (bicyclic) bond motifs is 3. The van der Waals surface area contributed by atoms with Gasteiger partial charge in [0, 0.05) is 50.7 Å². The van der Waals surface area contributed by atoms with E-state index in [0.29, 0.717) is 47.6 Å². The molecule has 148 valence electrons. The molecule has 0 radical (unpaired) electrons. The molecule has 6 atom stereocenters. The van der Waals surface area contributed by atoms with Gasteiger partial charge in [0.15, 0.2) is 5.82 Å². The number of nitrogens with zero attached hydrogens (tertiary/aromatic N) is 5. The maximum Gasteiger partial charge on any atom is 0.324 e. The van der Waals surface area contributed by atoms with E-state index in [-0.39, 0.29) is 0 Å². The molecule has 0 N–H and O–H groups in total. The zero-order valence-corrected chi connectivity index (χ0v) is 16.7. The summed E-state index contributed by atoms with van der Waals surface area (Å²) >= 11 is 0. The first-order valence-corrected chi connectivity index (χ1v) is 10.7. The fourth-order valence-electron chi connectivity index (χ4n) is 6.11. The molecule has 1 aromatic heterocycles. The Bertz CT molecular complexity index is 705. The SMILES string of the molecule is CCN(CC)C(=O)[C@H]1[C@@H]2CN(C3CC4CC(C3)N(c3nc(C)no3)C4)C[C@@H]21. The van der Waals surface area contributed by atoms with Gasteiger partial charge < -0.3 is 14.3 Å². The largest absolute Gasteiger partial charge is 0.343 e. The lowest BCUT2D eigenvalue weighted by atomic mass is 9.85. The summed E-state index contributed by atoms with van der Waals surface area (Å²) in [6.45, 7) is 11.0. The number of carbonyl (C=O) groups excluding carboxylic acids is 1. The van der Waals surface area contributed by atoms with Gasteiger partial charge in [0.2, 0.25) is 5.91 Å². The minimum absolute atomic E-state index is 0.305. The Morgan fingerprint density at radius 3 is 2.44 bits per heavy atom. The first-order chi connectivity index (χ1) is 13.1. The number of amides is 1. The highest BCUT2D eigenvalue weighted by molar-refractivity contribution is 5.82. The van der Waals surface area contributed by atoms with E-state index in [1.165, 1.54) is 19.3 Å². The molecule has 7 nitrogen and oxygen atoms in total. The fourth-order valence-corrected chi connectivity index (χ4v) is 6.11. The number of hydrogen-bond donors (Lipinski definition) is 0. The van der Waals surface area contributed by atoms with E-state index in [9.17, 15) is 4.79 Å². The number of likely N-dealkylation sites (tertiary alicyclic amines) is 1. The summed E-state index contributed by atoms with van der Waals surface area (Å²) in [5.41, 5.74) is 0. The van der Waals surface area contributed by atoms with Crippen LogP contribution in [0.2, 0.25) is 0 Å². The van der Waals surface area contributed by atoms with Crippen molar-refractivity contribution < 1.29 is 9.32 Å². The van der Waals surface area contributed by atoms with E-state index in [4.69, 9.17) is 4.52 Å². The van der Waals surface area contributed by atoms with Crippen LogP contribution in [0.1, 0.15) is 38.9 Å². The van der Waals surface area contributed by atoms with Crippen LogP contribution >= 0.6 is 0 Å². The Kier molecular flexibility index (Phi) is 4.18. The summed E-state index contributed by atoms with van der Waals surface area (Å²) in [7, 11) is 0. The summed E-state index contributed by atoms with van der Waals surface area (Å²) in [5, 5.41) is 3.97. The van der Waals surface area contributed by atoms with E-state index in [0.717, 1.165) is 38.6 Å². The maximum absolute atomic E-state index is 12.7. The van der Waals surface area contributed by atoms with Gasteiger partial charge in [-0.2, -0.15) is 4.98 Å². The normalized spacial score (nSPS) is 37.5. The molecular weight excluding hydrogens is 342 g/mol. The molecule has 2 aliphatic heterocycles. The van der Waals surface area contributed by atoms with Crippen LogP contribution in [-0.4, -0.2) is 70.7 Å². The van der Waals surface area contributed by atoms with Crippen molar-refractivity contribution in [3.63, 3.8) is 0 Å². The Hall–Kier alpha value is -1.63. The molecule has 4 aliphatic rings. The second-order valence-electron chi connectivity index (χ2n) is 8.98. The zero-order chi connectivity index (χ0) is 18.7. The molecule has 3 unspecified atom stereocenters. The molecule has 27 heavy (non-hydrogen) atoms. The van der Waals surface area contributed by atoms with Gasteiger partial charge in [-0.3, -0.25) is 9.69 Å². The lowest BCUT2D eigenvalue weighted by Crippen LogP contribution is -2.43. The molecule has 0 spiro atoms. The minimum atomic E-state index is 0.305. The quantitative estimate of drug-likeness (QED) is 0.784. The van der Waals surface area contributed by atoms with Crippen molar-refractivity contribution in [3.8, 4) is 0 Å².